The number of rotatable bonds is 6. The molecule has 1 N–H and O–H groups in total. The summed E-state index contributed by atoms with van der Waals surface area (Å²) in [7, 11) is 1.79. The van der Waals surface area contributed by atoms with Gasteiger partial charge in [0.2, 0.25) is 0 Å². The van der Waals surface area contributed by atoms with E-state index in [1.54, 1.807) is 34.8 Å². The molecule has 3 heterocycles. The summed E-state index contributed by atoms with van der Waals surface area (Å²) in [6, 6.07) is 0. The van der Waals surface area contributed by atoms with E-state index in [4.69, 9.17) is 0 Å². The first kappa shape index (κ1) is 16.9. The Morgan fingerprint density at radius 2 is 1.84 bits per heavy atom. The van der Waals surface area contributed by atoms with Gasteiger partial charge in [-0.3, -0.25) is 13.9 Å². The predicted molar refractivity (Wildman–Crippen MR) is 97.3 cm³/mol. The van der Waals surface area contributed by atoms with Gasteiger partial charge in [-0.2, -0.15) is 0 Å². The molecule has 0 saturated heterocycles. The van der Waals surface area contributed by atoms with Gasteiger partial charge in [-0.25, -0.2) is 14.8 Å². The summed E-state index contributed by atoms with van der Waals surface area (Å²) in [5.41, 5.74) is 1.07. The number of aromatic nitrogens is 6. The molecular formula is C17H22N6O2. The van der Waals surface area contributed by atoms with Crippen molar-refractivity contribution >= 4 is 23.3 Å². The normalized spacial score (nSPS) is 11.8. The minimum atomic E-state index is -0.290. The molecule has 0 aliphatic rings. The van der Waals surface area contributed by atoms with Gasteiger partial charge in [-0.1, -0.05) is 13.8 Å². The Morgan fingerprint density at radius 3 is 2.48 bits per heavy atom. The Kier molecular flexibility index (Phi) is 4.69. The average Bonchev–Trinajstić information content (AvgIpc) is 3.22. The lowest BCUT2D eigenvalue weighted by Gasteiger charge is -2.10. The second kappa shape index (κ2) is 6.92. The number of nitrogens with one attached hydrogen (secondary N) is 1. The van der Waals surface area contributed by atoms with Crippen LogP contribution >= 0.6 is 0 Å². The Hall–Kier alpha value is -2.90. The molecule has 0 amide bonds. The molecule has 3 rings (SSSR count). The molecule has 0 aliphatic carbocycles. The molecular weight excluding hydrogens is 320 g/mol. The van der Waals surface area contributed by atoms with E-state index in [1.807, 2.05) is 19.9 Å². The summed E-state index contributed by atoms with van der Waals surface area (Å²) in [5.74, 6) is 0.605. The molecule has 25 heavy (non-hydrogen) atoms. The molecule has 0 radical (unpaired) electrons. The number of aromatic amines is 1. The van der Waals surface area contributed by atoms with Gasteiger partial charge in [-0.05, 0) is 25.0 Å². The van der Waals surface area contributed by atoms with Crippen LogP contribution in [0, 0.1) is 0 Å². The highest BCUT2D eigenvalue weighted by molar-refractivity contribution is 5.76. The first-order valence-electron chi connectivity index (χ1n) is 8.45. The smallest absolute Gasteiger partial charge is 0.332 e. The Balaban J connectivity index is 2.25. The highest BCUT2D eigenvalue weighted by Crippen LogP contribution is 2.13. The predicted octanol–water partition coefficient (Wildman–Crippen LogP) is 1.61. The lowest BCUT2D eigenvalue weighted by molar-refractivity contribution is 0.554. The third-order valence-electron chi connectivity index (χ3n) is 4.09. The summed E-state index contributed by atoms with van der Waals surface area (Å²) in [6.07, 6.45) is 8.47. The highest BCUT2D eigenvalue weighted by atomic mass is 16.2. The van der Waals surface area contributed by atoms with Crippen LogP contribution in [0.2, 0.25) is 0 Å². The zero-order valence-electron chi connectivity index (χ0n) is 14.7. The van der Waals surface area contributed by atoms with Gasteiger partial charge in [0, 0.05) is 26.3 Å². The van der Waals surface area contributed by atoms with Crippen LogP contribution in [0.1, 0.15) is 38.2 Å². The van der Waals surface area contributed by atoms with Crippen molar-refractivity contribution in [1.29, 1.82) is 0 Å². The summed E-state index contributed by atoms with van der Waals surface area (Å²) < 4.78 is 4.64. The Morgan fingerprint density at radius 1 is 1.12 bits per heavy atom. The van der Waals surface area contributed by atoms with Crippen LogP contribution in [-0.2, 0) is 20.1 Å². The molecule has 3 aromatic heterocycles. The van der Waals surface area contributed by atoms with Crippen LogP contribution in [0.4, 0.5) is 0 Å². The third kappa shape index (κ3) is 2.95. The van der Waals surface area contributed by atoms with E-state index in [0.29, 0.717) is 30.1 Å². The second-order valence-corrected chi connectivity index (χ2v) is 5.92. The van der Waals surface area contributed by atoms with Gasteiger partial charge >= 0.3 is 5.69 Å². The maximum absolute atomic E-state index is 12.8. The van der Waals surface area contributed by atoms with E-state index in [1.165, 1.54) is 4.57 Å². The lowest BCUT2D eigenvalue weighted by atomic mass is 10.4. The lowest BCUT2D eigenvalue weighted by Crippen LogP contribution is -2.40. The van der Waals surface area contributed by atoms with Crippen molar-refractivity contribution < 1.29 is 0 Å². The van der Waals surface area contributed by atoms with Crippen molar-refractivity contribution in [2.45, 2.75) is 39.8 Å². The first-order chi connectivity index (χ1) is 12.1. The molecule has 0 saturated carbocycles. The van der Waals surface area contributed by atoms with Crippen LogP contribution in [0.25, 0.3) is 23.3 Å². The van der Waals surface area contributed by atoms with Gasteiger partial charge in [0.15, 0.2) is 11.2 Å². The first-order valence-corrected chi connectivity index (χ1v) is 8.45. The number of aryl methyl sites for hydroxylation is 2. The van der Waals surface area contributed by atoms with E-state index >= 15 is 0 Å². The van der Waals surface area contributed by atoms with Crippen molar-refractivity contribution in [2.75, 3.05) is 0 Å². The van der Waals surface area contributed by atoms with E-state index in [-0.39, 0.29) is 11.2 Å². The van der Waals surface area contributed by atoms with E-state index in [0.717, 1.165) is 18.5 Å². The molecule has 0 bridgehead atoms. The monoisotopic (exact) mass is 342 g/mol. The topological polar surface area (TPSA) is 90.5 Å². The SMILES string of the molecule is CCCn1c(=O)c2c(nc(C=Cc3c[nH]cn3)n2C)n(CCC)c1=O. The zero-order chi connectivity index (χ0) is 18.0. The molecule has 8 nitrogen and oxygen atoms in total. The standard InChI is InChI=1S/C17H22N6O2/c1-4-8-22-15-14(16(24)23(9-5-2)17(22)25)21(3)13(20-15)7-6-12-10-18-11-19-12/h6-7,10-11H,4-5,8-9H2,1-3H3,(H,18,19). The molecule has 8 heteroatoms. The number of hydrogen-bond donors (Lipinski definition) is 1. The highest BCUT2D eigenvalue weighted by Gasteiger charge is 2.18. The maximum atomic E-state index is 12.8. The van der Waals surface area contributed by atoms with Crippen LogP contribution in [0.3, 0.4) is 0 Å². The van der Waals surface area contributed by atoms with Crippen molar-refractivity contribution in [3.63, 3.8) is 0 Å². The van der Waals surface area contributed by atoms with Crippen molar-refractivity contribution in [1.82, 2.24) is 28.7 Å². The van der Waals surface area contributed by atoms with Crippen LogP contribution < -0.4 is 11.2 Å². The van der Waals surface area contributed by atoms with Gasteiger partial charge in [-0.15, -0.1) is 0 Å². The molecule has 0 fully saturated rings. The average molecular weight is 342 g/mol. The van der Waals surface area contributed by atoms with E-state index in [9.17, 15) is 9.59 Å². The molecule has 0 aliphatic heterocycles. The van der Waals surface area contributed by atoms with Crippen LogP contribution in [0.5, 0.6) is 0 Å². The number of fused-ring (bicyclic) bond motifs is 1. The summed E-state index contributed by atoms with van der Waals surface area (Å²) in [5, 5.41) is 0. The van der Waals surface area contributed by atoms with E-state index in [2.05, 4.69) is 15.0 Å². The fraction of sp³-hybridized carbons (Fsp3) is 0.412. The quantitative estimate of drug-likeness (QED) is 0.737. The van der Waals surface area contributed by atoms with Crippen molar-refractivity contribution in [2.24, 2.45) is 7.05 Å². The maximum Gasteiger partial charge on any atom is 0.332 e. The van der Waals surface area contributed by atoms with Gasteiger partial charge < -0.3 is 9.55 Å². The Labute approximate surface area is 144 Å². The second-order valence-electron chi connectivity index (χ2n) is 5.92. The molecule has 132 valence electrons. The largest absolute Gasteiger partial charge is 0.351 e. The van der Waals surface area contributed by atoms with E-state index < -0.39 is 0 Å². The summed E-state index contributed by atoms with van der Waals surface area (Å²) in [4.78, 5) is 37.1. The third-order valence-corrected chi connectivity index (χ3v) is 4.09. The number of imidazole rings is 2. The fourth-order valence-corrected chi connectivity index (χ4v) is 2.90. The molecule has 0 unspecified atom stereocenters. The number of nitrogens with zero attached hydrogens (tertiary/aromatic N) is 5. The Bertz CT molecular complexity index is 1020. The zero-order valence-corrected chi connectivity index (χ0v) is 14.7. The summed E-state index contributed by atoms with van der Waals surface area (Å²) in [6.45, 7) is 4.87. The minimum Gasteiger partial charge on any atom is -0.351 e. The molecule has 0 aromatic carbocycles. The van der Waals surface area contributed by atoms with Crippen molar-refractivity contribution in [3.05, 3.63) is 44.9 Å². The van der Waals surface area contributed by atoms with Crippen LogP contribution in [-0.4, -0.2) is 28.7 Å². The minimum absolute atomic E-state index is 0.288. The fourth-order valence-electron chi connectivity index (χ4n) is 2.90. The number of H-pyrrole nitrogens is 1. The molecule has 0 spiro atoms. The summed E-state index contributed by atoms with van der Waals surface area (Å²) >= 11 is 0. The number of hydrogen-bond acceptors (Lipinski definition) is 4. The van der Waals surface area contributed by atoms with Gasteiger partial charge in [0.1, 0.15) is 5.82 Å². The van der Waals surface area contributed by atoms with Crippen molar-refractivity contribution in [3.8, 4) is 0 Å². The molecule has 3 aromatic rings. The molecule has 0 atom stereocenters. The van der Waals surface area contributed by atoms with Crippen LogP contribution in [0.15, 0.2) is 22.1 Å². The van der Waals surface area contributed by atoms with Gasteiger partial charge in [0.25, 0.3) is 5.56 Å². The van der Waals surface area contributed by atoms with Gasteiger partial charge in [0.05, 0.1) is 12.0 Å².